The van der Waals surface area contributed by atoms with Gasteiger partial charge in [-0.05, 0) is 25.7 Å². The lowest BCUT2D eigenvalue weighted by atomic mass is 9.92. The maximum atomic E-state index is 11.9. The van der Waals surface area contributed by atoms with E-state index in [1.54, 1.807) is 0 Å². The minimum Gasteiger partial charge on any atom is -0.378 e. The Balaban J connectivity index is 1.77. The summed E-state index contributed by atoms with van der Waals surface area (Å²) in [5.41, 5.74) is 1.02. The van der Waals surface area contributed by atoms with Crippen molar-refractivity contribution >= 4 is 11.7 Å². The molecule has 20 heavy (non-hydrogen) atoms. The van der Waals surface area contributed by atoms with E-state index >= 15 is 0 Å². The predicted octanol–water partition coefficient (Wildman–Crippen LogP) is 3.00. The highest BCUT2D eigenvalue weighted by molar-refractivity contribution is 5.89. The summed E-state index contributed by atoms with van der Waals surface area (Å²) in [4.78, 5) is 11.9. The van der Waals surface area contributed by atoms with Crippen LogP contribution in [0, 0.1) is 0 Å². The summed E-state index contributed by atoms with van der Waals surface area (Å²) in [6.45, 7) is 7.15. The molecule has 0 spiro atoms. The number of hydrogen-bond donors (Lipinski definition) is 2. The Morgan fingerprint density at radius 1 is 1.50 bits per heavy atom. The van der Waals surface area contributed by atoms with Gasteiger partial charge < -0.3 is 10.1 Å². The van der Waals surface area contributed by atoms with Crippen molar-refractivity contribution < 1.29 is 9.53 Å². The molecule has 1 atom stereocenters. The van der Waals surface area contributed by atoms with Gasteiger partial charge in [-0.2, -0.15) is 5.10 Å². The third-order valence-corrected chi connectivity index (χ3v) is 3.62. The zero-order valence-electron chi connectivity index (χ0n) is 12.7. The first kappa shape index (κ1) is 15.0. The molecule has 1 amide bonds. The fraction of sp³-hybridized carbons (Fsp3) is 0.733. The quantitative estimate of drug-likeness (QED) is 0.890. The zero-order valence-corrected chi connectivity index (χ0v) is 12.7. The van der Waals surface area contributed by atoms with Gasteiger partial charge in [0.1, 0.15) is 0 Å². The first-order valence-corrected chi connectivity index (χ1v) is 7.42. The first-order chi connectivity index (χ1) is 9.45. The zero-order chi connectivity index (χ0) is 14.6. The lowest BCUT2D eigenvalue weighted by molar-refractivity contribution is -0.117. The first-order valence-electron chi connectivity index (χ1n) is 7.42. The van der Waals surface area contributed by atoms with Gasteiger partial charge in [-0.1, -0.05) is 20.8 Å². The Morgan fingerprint density at radius 2 is 2.30 bits per heavy atom. The van der Waals surface area contributed by atoms with Crippen LogP contribution in [0.3, 0.4) is 0 Å². The van der Waals surface area contributed by atoms with Crippen molar-refractivity contribution in [3.05, 3.63) is 11.8 Å². The molecule has 1 saturated heterocycles. The molecule has 0 aromatic carbocycles. The van der Waals surface area contributed by atoms with Crippen LogP contribution in [0.15, 0.2) is 6.07 Å². The molecule has 112 valence electrons. The molecule has 2 heterocycles. The van der Waals surface area contributed by atoms with E-state index in [1.807, 2.05) is 6.07 Å². The van der Waals surface area contributed by atoms with E-state index in [9.17, 15) is 4.79 Å². The highest BCUT2D eigenvalue weighted by atomic mass is 16.5. The van der Waals surface area contributed by atoms with Gasteiger partial charge in [0.25, 0.3) is 0 Å². The second kappa shape index (κ2) is 6.39. The average molecular weight is 279 g/mol. The van der Waals surface area contributed by atoms with Crippen molar-refractivity contribution in [3.8, 4) is 0 Å². The lowest BCUT2D eigenvalue weighted by Gasteiger charge is -2.22. The van der Waals surface area contributed by atoms with Crippen LogP contribution in [0.1, 0.15) is 58.6 Å². The van der Waals surface area contributed by atoms with Gasteiger partial charge in [0, 0.05) is 30.2 Å². The minimum absolute atomic E-state index is 0.00568. The largest absolute Gasteiger partial charge is 0.378 e. The van der Waals surface area contributed by atoms with Crippen LogP contribution >= 0.6 is 0 Å². The monoisotopic (exact) mass is 279 g/mol. The molecule has 5 nitrogen and oxygen atoms in total. The third-order valence-electron chi connectivity index (χ3n) is 3.62. The van der Waals surface area contributed by atoms with E-state index in [-0.39, 0.29) is 17.4 Å². The summed E-state index contributed by atoms with van der Waals surface area (Å²) in [5.74, 6) is 0.607. The Hall–Kier alpha value is -1.36. The fourth-order valence-corrected chi connectivity index (χ4v) is 2.30. The summed E-state index contributed by atoms with van der Waals surface area (Å²) in [6.07, 6.45) is 4.96. The van der Waals surface area contributed by atoms with E-state index in [0.29, 0.717) is 12.2 Å². The molecule has 1 aliphatic heterocycles. The molecule has 1 fully saturated rings. The number of aromatic nitrogens is 2. The molecule has 0 saturated carbocycles. The van der Waals surface area contributed by atoms with Gasteiger partial charge in [-0.3, -0.25) is 9.89 Å². The number of amides is 1. The summed E-state index contributed by atoms with van der Waals surface area (Å²) in [6, 6.07) is 1.90. The van der Waals surface area contributed by atoms with Gasteiger partial charge in [0.15, 0.2) is 5.82 Å². The lowest BCUT2D eigenvalue weighted by Crippen LogP contribution is -2.21. The van der Waals surface area contributed by atoms with Crippen molar-refractivity contribution in [2.75, 3.05) is 11.9 Å². The van der Waals surface area contributed by atoms with Crippen LogP contribution in [-0.2, 0) is 14.9 Å². The standard InChI is InChI=1S/C15H25N3O2/c1-15(2,3)12-10-13(18-17-12)16-14(19)8-7-11-6-4-5-9-20-11/h10-11H,4-9H2,1-3H3,(H2,16,17,18,19). The molecule has 0 radical (unpaired) electrons. The molecular formula is C15H25N3O2. The van der Waals surface area contributed by atoms with E-state index in [4.69, 9.17) is 4.74 Å². The van der Waals surface area contributed by atoms with Crippen LogP contribution in [0.5, 0.6) is 0 Å². The summed E-state index contributed by atoms with van der Waals surface area (Å²) < 4.78 is 5.63. The van der Waals surface area contributed by atoms with E-state index < -0.39 is 0 Å². The smallest absolute Gasteiger partial charge is 0.225 e. The number of aromatic amines is 1. The SMILES string of the molecule is CC(C)(C)c1cc(NC(=O)CCC2CCCCO2)n[nH]1. The Bertz CT molecular complexity index is 442. The van der Waals surface area contributed by atoms with Crippen molar-refractivity contribution in [1.29, 1.82) is 0 Å². The third kappa shape index (κ3) is 4.34. The highest BCUT2D eigenvalue weighted by Crippen LogP contribution is 2.22. The maximum Gasteiger partial charge on any atom is 0.225 e. The maximum absolute atomic E-state index is 11.9. The average Bonchev–Trinajstić information content (AvgIpc) is 2.86. The predicted molar refractivity (Wildman–Crippen MR) is 78.7 cm³/mol. The number of carbonyl (C=O) groups excluding carboxylic acids is 1. The molecule has 2 rings (SSSR count). The number of nitrogens with zero attached hydrogens (tertiary/aromatic N) is 1. The second-order valence-corrected chi connectivity index (χ2v) is 6.49. The van der Waals surface area contributed by atoms with Crippen LogP contribution < -0.4 is 5.32 Å². The van der Waals surface area contributed by atoms with Crippen molar-refractivity contribution in [1.82, 2.24) is 10.2 Å². The Kier molecular flexibility index (Phi) is 4.81. The van der Waals surface area contributed by atoms with Crippen molar-refractivity contribution in [2.24, 2.45) is 0 Å². The number of H-pyrrole nitrogens is 1. The molecular weight excluding hydrogens is 254 g/mol. The molecule has 1 aromatic rings. The summed E-state index contributed by atoms with van der Waals surface area (Å²) in [7, 11) is 0. The number of ether oxygens (including phenoxy) is 1. The van der Waals surface area contributed by atoms with Crippen LogP contribution in [-0.4, -0.2) is 28.8 Å². The fourth-order valence-electron chi connectivity index (χ4n) is 2.30. The van der Waals surface area contributed by atoms with Gasteiger partial charge >= 0.3 is 0 Å². The minimum atomic E-state index is 0.00568. The van der Waals surface area contributed by atoms with Crippen molar-refractivity contribution in [2.45, 2.75) is 64.4 Å². The van der Waals surface area contributed by atoms with Gasteiger partial charge in [-0.25, -0.2) is 0 Å². The number of rotatable bonds is 4. The Labute approximate surface area is 120 Å². The van der Waals surface area contributed by atoms with Gasteiger partial charge in [0.2, 0.25) is 5.91 Å². The van der Waals surface area contributed by atoms with Crippen LogP contribution in [0.4, 0.5) is 5.82 Å². The molecule has 1 aliphatic rings. The molecule has 2 N–H and O–H groups in total. The number of hydrogen-bond acceptors (Lipinski definition) is 3. The topological polar surface area (TPSA) is 67.0 Å². The normalized spacial score (nSPS) is 19.9. The molecule has 5 heteroatoms. The highest BCUT2D eigenvalue weighted by Gasteiger charge is 2.18. The number of carbonyl (C=O) groups is 1. The molecule has 1 aromatic heterocycles. The van der Waals surface area contributed by atoms with Crippen LogP contribution in [0.2, 0.25) is 0 Å². The molecule has 0 aliphatic carbocycles. The van der Waals surface area contributed by atoms with Gasteiger partial charge in [0.05, 0.1) is 6.10 Å². The summed E-state index contributed by atoms with van der Waals surface area (Å²) >= 11 is 0. The van der Waals surface area contributed by atoms with Crippen LogP contribution in [0.25, 0.3) is 0 Å². The van der Waals surface area contributed by atoms with Crippen molar-refractivity contribution in [3.63, 3.8) is 0 Å². The van der Waals surface area contributed by atoms with Gasteiger partial charge in [-0.15, -0.1) is 0 Å². The molecule has 0 bridgehead atoms. The van der Waals surface area contributed by atoms with E-state index in [0.717, 1.165) is 31.6 Å². The number of nitrogens with one attached hydrogen (secondary N) is 2. The molecule has 1 unspecified atom stereocenters. The van der Waals surface area contributed by atoms with E-state index in [1.165, 1.54) is 6.42 Å². The summed E-state index contributed by atoms with van der Waals surface area (Å²) in [5, 5.41) is 9.93. The number of anilines is 1. The Morgan fingerprint density at radius 3 is 2.90 bits per heavy atom. The second-order valence-electron chi connectivity index (χ2n) is 6.49. The van der Waals surface area contributed by atoms with E-state index in [2.05, 4.69) is 36.3 Å².